The van der Waals surface area contributed by atoms with Crippen molar-refractivity contribution in [2.45, 2.75) is 0 Å². The molecule has 0 aromatic rings. The second-order valence-corrected chi connectivity index (χ2v) is 1.45. The number of hydrogen-bond donors (Lipinski definition) is 1. The smallest absolute Gasteiger partial charge is 0.409 e. The first-order valence-electron chi connectivity index (χ1n) is 2.44. The fourth-order valence-corrected chi connectivity index (χ4v) is 0.362. The van der Waals surface area contributed by atoms with Crippen LogP contribution >= 0.6 is 0 Å². The molecule has 0 aromatic carbocycles. The summed E-state index contributed by atoms with van der Waals surface area (Å²) >= 11 is 0. The van der Waals surface area contributed by atoms with Gasteiger partial charge < -0.3 is 5.11 Å². The third-order valence-electron chi connectivity index (χ3n) is 0.794. The molecule has 0 atom stereocenters. The SMILES string of the molecule is N#CCN(CC#N)C(=O)O. The van der Waals surface area contributed by atoms with Gasteiger partial charge in [0.15, 0.2) is 0 Å². The van der Waals surface area contributed by atoms with Crippen molar-refractivity contribution in [1.29, 1.82) is 10.5 Å². The summed E-state index contributed by atoms with van der Waals surface area (Å²) in [6, 6.07) is 3.26. The van der Waals surface area contributed by atoms with Crippen molar-refractivity contribution in [1.82, 2.24) is 4.90 Å². The fourth-order valence-electron chi connectivity index (χ4n) is 0.362. The number of hydrogen-bond acceptors (Lipinski definition) is 3. The maximum Gasteiger partial charge on any atom is 0.409 e. The number of nitrogens with zero attached hydrogens (tertiary/aromatic N) is 3. The highest BCUT2D eigenvalue weighted by atomic mass is 16.4. The van der Waals surface area contributed by atoms with Crippen LogP contribution in [0.25, 0.3) is 0 Å². The van der Waals surface area contributed by atoms with E-state index in [4.69, 9.17) is 15.6 Å². The van der Waals surface area contributed by atoms with Gasteiger partial charge in [0.2, 0.25) is 0 Å². The van der Waals surface area contributed by atoms with Gasteiger partial charge in [-0.25, -0.2) is 4.79 Å². The van der Waals surface area contributed by atoms with Crippen molar-refractivity contribution in [2.24, 2.45) is 0 Å². The minimum atomic E-state index is -1.25. The molecular weight excluding hydrogens is 134 g/mol. The molecule has 10 heavy (non-hydrogen) atoms. The maximum atomic E-state index is 10.1. The molecule has 5 nitrogen and oxygen atoms in total. The van der Waals surface area contributed by atoms with Gasteiger partial charge in [-0.1, -0.05) is 0 Å². The van der Waals surface area contributed by atoms with Crippen molar-refractivity contribution in [2.75, 3.05) is 13.1 Å². The quantitative estimate of drug-likeness (QED) is 0.546. The van der Waals surface area contributed by atoms with Crippen molar-refractivity contribution in [3.05, 3.63) is 0 Å². The fraction of sp³-hybridized carbons (Fsp3) is 0.400. The first-order valence-corrected chi connectivity index (χ1v) is 2.44. The molecule has 1 amide bonds. The first kappa shape index (κ1) is 8.25. The van der Waals surface area contributed by atoms with E-state index < -0.39 is 6.09 Å². The molecule has 0 saturated carbocycles. The number of amides is 1. The number of nitriles is 2. The molecule has 0 saturated heterocycles. The average molecular weight is 139 g/mol. The van der Waals surface area contributed by atoms with Gasteiger partial charge in [-0.2, -0.15) is 10.5 Å². The van der Waals surface area contributed by atoms with Crippen LogP contribution in [0.3, 0.4) is 0 Å². The van der Waals surface area contributed by atoms with E-state index in [9.17, 15) is 4.79 Å². The van der Waals surface area contributed by atoms with Gasteiger partial charge in [0, 0.05) is 0 Å². The summed E-state index contributed by atoms with van der Waals surface area (Å²) in [5.74, 6) is 0. The van der Waals surface area contributed by atoms with E-state index in [0.717, 1.165) is 4.90 Å². The Morgan fingerprint density at radius 3 is 2.00 bits per heavy atom. The molecule has 0 bridgehead atoms. The molecule has 0 spiro atoms. The zero-order chi connectivity index (χ0) is 7.98. The summed E-state index contributed by atoms with van der Waals surface area (Å²) in [7, 11) is 0. The van der Waals surface area contributed by atoms with Gasteiger partial charge in [-0.05, 0) is 0 Å². The number of carbonyl (C=O) groups is 1. The Balaban J connectivity index is 3.90. The molecule has 5 heteroatoms. The first-order chi connectivity index (χ1) is 4.72. The van der Waals surface area contributed by atoms with Gasteiger partial charge >= 0.3 is 6.09 Å². The molecule has 0 aliphatic heterocycles. The van der Waals surface area contributed by atoms with Crippen LogP contribution in [0.4, 0.5) is 4.79 Å². The Hall–Kier alpha value is -1.75. The largest absolute Gasteiger partial charge is 0.465 e. The maximum absolute atomic E-state index is 10.1. The molecule has 1 N–H and O–H groups in total. The van der Waals surface area contributed by atoms with Crippen LogP contribution in [-0.4, -0.2) is 29.2 Å². The van der Waals surface area contributed by atoms with E-state index in [1.54, 1.807) is 12.1 Å². The molecule has 0 fully saturated rings. The highest BCUT2D eigenvalue weighted by Crippen LogP contribution is 1.85. The molecule has 0 aliphatic carbocycles. The topological polar surface area (TPSA) is 88.1 Å². The minimum absolute atomic E-state index is 0.261. The van der Waals surface area contributed by atoms with Crippen LogP contribution in [0.15, 0.2) is 0 Å². The standard InChI is InChI=1S/C5H5N3O2/c6-1-3-8(4-2-7)5(9)10/h3-4H2,(H,9,10). The predicted octanol–water partition coefficient (Wildman–Crippen LogP) is 0.0136. The number of rotatable bonds is 2. The molecule has 0 aromatic heterocycles. The van der Waals surface area contributed by atoms with Gasteiger partial charge in [0.25, 0.3) is 0 Å². The van der Waals surface area contributed by atoms with Crippen molar-refractivity contribution in [3.63, 3.8) is 0 Å². The van der Waals surface area contributed by atoms with Gasteiger partial charge in [-0.15, -0.1) is 0 Å². The van der Waals surface area contributed by atoms with E-state index >= 15 is 0 Å². The Morgan fingerprint density at radius 2 is 1.80 bits per heavy atom. The van der Waals surface area contributed by atoms with Crippen LogP contribution in [0.2, 0.25) is 0 Å². The Morgan fingerprint density at radius 1 is 1.40 bits per heavy atom. The molecule has 0 aliphatic rings. The van der Waals surface area contributed by atoms with Gasteiger partial charge in [0.1, 0.15) is 13.1 Å². The summed E-state index contributed by atoms with van der Waals surface area (Å²) in [6.07, 6.45) is -1.25. The summed E-state index contributed by atoms with van der Waals surface area (Å²) < 4.78 is 0. The predicted molar refractivity (Wildman–Crippen MR) is 30.8 cm³/mol. The third-order valence-corrected chi connectivity index (χ3v) is 0.794. The van der Waals surface area contributed by atoms with Crippen molar-refractivity contribution < 1.29 is 9.90 Å². The third kappa shape index (κ3) is 2.53. The lowest BCUT2D eigenvalue weighted by molar-refractivity contribution is 0.156. The number of carboxylic acid groups (broad SMARTS) is 1. The van der Waals surface area contributed by atoms with E-state index in [1.807, 2.05) is 0 Å². The summed E-state index contributed by atoms with van der Waals surface area (Å²) in [4.78, 5) is 10.8. The van der Waals surface area contributed by atoms with Crippen LogP contribution in [0.1, 0.15) is 0 Å². The second-order valence-electron chi connectivity index (χ2n) is 1.45. The molecule has 0 unspecified atom stereocenters. The van der Waals surface area contributed by atoms with Crippen LogP contribution in [-0.2, 0) is 0 Å². The summed E-state index contributed by atoms with van der Waals surface area (Å²) in [5.41, 5.74) is 0. The van der Waals surface area contributed by atoms with E-state index in [-0.39, 0.29) is 13.1 Å². The zero-order valence-corrected chi connectivity index (χ0v) is 5.11. The lowest BCUT2D eigenvalue weighted by Crippen LogP contribution is -2.29. The Bertz CT molecular complexity index is 184. The Labute approximate surface area is 57.7 Å². The van der Waals surface area contributed by atoms with E-state index in [2.05, 4.69) is 0 Å². The van der Waals surface area contributed by atoms with E-state index in [0.29, 0.717) is 0 Å². The molecule has 52 valence electrons. The highest BCUT2D eigenvalue weighted by Gasteiger charge is 2.08. The van der Waals surface area contributed by atoms with Gasteiger partial charge in [0.05, 0.1) is 12.1 Å². The highest BCUT2D eigenvalue weighted by molar-refractivity contribution is 5.65. The normalized spacial score (nSPS) is 7.40. The average Bonchev–Trinajstić information content (AvgIpc) is 1.87. The van der Waals surface area contributed by atoms with Crippen molar-refractivity contribution in [3.8, 4) is 12.1 Å². The van der Waals surface area contributed by atoms with Crippen LogP contribution in [0, 0.1) is 22.7 Å². The summed E-state index contributed by atoms with van der Waals surface area (Å²) in [6.45, 7) is -0.522. The second kappa shape index (κ2) is 4.16. The summed E-state index contributed by atoms with van der Waals surface area (Å²) in [5, 5.41) is 24.4. The molecule has 0 heterocycles. The van der Waals surface area contributed by atoms with Crippen LogP contribution in [0.5, 0.6) is 0 Å². The molecule has 0 rings (SSSR count). The monoisotopic (exact) mass is 139 g/mol. The molecular formula is C5H5N3O2. The van der Waals surface area contributed by atoms with Crippen LogP contribution < -0.4 is 0 Å². The molecule has 0 radical (unpaired) electrons. The van der Waals surface area contributed by atoms with E-state index in [1.165, 1.54) is 0 Å². The minimum Gasteiger partial charge on any atom is -0.465 e. The lowest BCUT2D eigenvalue weighted by Gasteiger charge is -2.08. The Kier molecular flexibility index (Phi) is 3.43. The van der Waals surface area contributed by atoms with Crippen molar-refractivity contribution >= 4 is 6.09 Å². The van der Waals surface area contributed by atoms with Gasteiger partial charge in [-0.3, -0.25) is 4.90 Å². The lowest BCUT2D eigenvalue weighted by atomic mass is 10.5. The zero-order valence-electron chi connectivity index (χ0n) is 5.11.